The van der Waals surface area contributed by atoms with E-state index in [4.69, 9.17) is 0 Å². The second kappa shape index (κ2) is 3.94. The molecule has 116 valence electrons. The van der Waals surface area contributed by atoms with Gasteiger partial charge in [0.2, 0.25) is 5.91 Å². The molecular weight excluding hydrogens is 272 g/mol. The van der Waals surface area contributed by atoms with Gasteiger partial charge in [-0.2, -0.15) is 0 Å². The lowest BCUT2D eigenvalue weighted by Crippen LogP contribution is -2.55. The van der Waals surface area contributed by atoms with Crippen molar-refractivity contribution in [2.45, 2.75) is 57.0 Å². The summed E-state index contributed by atoms with van der Waals surface area (Å²) >= 11 is 0. The van der Waals surface area contributed by atoms with Gasteiger partial charge in [0.1, 0.15) is 0 Å². The molecule has 2 bridgehead atoms. The smallest absolute Gasteiger partial charge is 0.235 e. The molecule has 4 aliphatic rings. The maximum atomic E-state index is 13.1. The van der Waals surface area contributed by atoms with Gasteiger partial charge < -0.3 is 10.6 Å². The van der Waals surface area contributed by atoms with E-state index in [1.54, 1.807) is 0 Å². The molecule has 1 spiro atoms. The average molecular weight is 296 g/mol. The van der Waals surface area contributed by atoms with E-state index in [1.165, 1.54) is 24.8 Å². The maximum absolute atomic E-state index is 13.1. The number of carbonyl (C=O) groups is 1. The Labute approximate surface area is 131 Å². The Morgan fingerprint density at radius 1 is 1.27 bits per heavy atom. The third kappa shape index (κ3) is 1.27. The third-order valence-corrected chi connectivity index (χ3v) is 7.60. The molecule has 0 radical (unpaired) electrons. The van der Waals surface area contributed by atoms with Crippen LogP contribution in [0.3, 0.4) is 0 Å². The Balaban J connectivity index is 1.72. The van der Waals surface area contributed by atoms with Gasteiger partial charge in [0.15, 0.2) is 0 Å². The summed E-state index contributed by atoms with van der Waals surface area (Å²) in [7, 11) is 0. The van der Waals surface area contributed by atoms with Crippen molar-refractivity contribution in [1.29, 1.82) is 0 Å². The number of fused-ring (bicyclic) bond motifs is 4. The number of amides is 1. The van der Waals surface area contributed by atoms with Gasteiger partial charge in [-0.15, -0.1) is 0 Å². The summed E-state index contributed by atoms with van der Waals surface area (Å²) in [5.74, 6) is 1.68. The minimum absolute atomic E-state index is 0.0952. The number of anilines is 1. The highest BCUT2D eigenvalue weighted by Crippen LogP contribution is 2.67. The van der Waals surface area contributed by atoms with Crippen molar-refractivity contribution in [3.05, 3.63) is 29.8 Å². The molecule has 1 amide bonds. The molecule has 3 heteroatoms. The number of hydrogen-bond donors (Lipinski definition) is 2. The van der Waals surface area contributed by atoms with Crippen molar-refractivity contribution in [1.82, 2.24) is 5.32 Å². The standard InChI is InChI=1S/C19H24N2O/c1-11-12-7-8-18(2)14(9-12)16(20-11)10-19(18)13-5-3-4-6-15(13)21-17(19)22/h3-6,11-12,14,16,20H,7-10H2,1-2H3,(H,21,22). The van der Waals surface area contributed by atoms with Crippen LogP contribution >= 0.6 is 0 Å². The largest absolute Gasteiger partial charge is 0.325 e. The average Bonchev–Trinajstić information content (AvgIpc) is 2.95. The topological polar surface area (TPSA) is 41.1 Å². The zero-order chi connectivity index (χ0) is 15.1. The van der Waals surface area contributed by atoms with E-state index < -0.39 is 0 Å². The SMILES string of the molecule is CC1NC2CC3(C(=O)Nc4ccccc43)C3(C)CCC1CC23. The van der Waals surface area contributed by atoms with Crippen molar-refractivity contribution in [2.75, 3.05) is 5.32 Å². The van der Waals surface area contributed by atoms with Gasteiger partial charge in [0.25, 0.3) is 0 Å². The molecule has 2 saturated carbocycles. The zero-order valence-electron chi connectivity index (χ0n) is 13.4. The van der Waals surface area contributed by atoms with Gasteiger partial charge in [0.05, 0.1) is 5.41 Å². The number of benzene rings is 1. The number of hydrogen-bond acceptors (Lipinski definition) is 2. The summed E-state index contributed by atoms with van der Waals surface area (Å²) in [5, 5.41) is 7.05. The van der Waals surface area contributed by atoms with Crippen molar-refractivity contribution in [2.24, 2.45) is 17.3 Å². The highest BCUT2D eigenvalue weighted by atomic mass is 16.2. The fraction of sp³-hybridized carbons (Fsp3) is 0.632. The Kier molecular flexibility index (Phi) is 2.35. The van der Waals surface area contributed by atoms with Gasteiger partial charge in [0, 0.05) is 17.8 Å². The molecular formula is C19H24N2O. The van der Waals surface area contributed by atoms with Crippen LogP contribution in [0.15, 0.2) is 24.3 Å². The highest BCUT2D eigenvalue weighted by molar-refractivity contribution is 6.07. The lowest BCUT2D eigenvalue weighted by atomic mass is 9.53. The molecule has 2 aliphatic carbocycles. The van der Waals surface area contributed by atoms with E-state index in [0.717, 1.165) is 18.0 Å². The monoisotopic (exact) mass is 296 g/mol. The fourth-order valence-corrected chi connectivity index (χ4v) is 6.41. The van der Waals surface area contributed by atoms with Crippen LogP contribution in [-0.4, -0.2) is 18.0 Å². The van der Waals surface area contributed by atoms with Crippen molar-refractivity contribution in [3.8, 4) is 0 Å². The van der Waals surface area contributed by atoms with Crippen LogP contribution in [0.1, 0.15) is 45.1 Å². The van der Waals surface area contributed by atoms with Crippen molar-refractivity contribution < 1.29 is 4.79 Å². The van der Waals surface area contributed by atoms with Crippen LogP contribution in [-0.2, 0) is 10.2 Å². The molecule has 3 nitrogen and oxygen atoms in total. The van der Waals surface area contributed by atoms with E-state index >= 15 is 0 Å². The molecule has 1 aromatic carbocycles. The fourth-order valence-electron chi connectivity index (χ4n) is 6.41. The van der Waals surface area contributed by atoms with E-state index in [0.29, 0.717) is 18.0 Å². The Hall–Kier alpha value is -1.35. The van der Waals surface area contributed by atoms with Crippen molar-refractivity contribution in [3.63, 3.8) is 0 Å². The lowest BCUT2D eigenvalue weighted by molar-refractivity contribution is -0.126. The van der Waals surface area contributed by atoms with E-state index in [-0.39, 0.29) is 16.7 Å². The number of carbonyl (C=O) groups excluding carboxylic acids is 1. The molecule has 2 N–H and O–H groups in total. The summed E-state index contributed by atoms with van der Waals surface area (Å²) in [4.78, 5) is 13.1. The lowest BCUT2D eigenvalue weighted by Gasteiger charge is -2.52. The predicted octanol–water partition coefficient (Wildman–Crippen LogP) is 3.06. The zero-order valence-corrected chi connectivity index (χ0v) is 13.4. The second-order valence-electron chi connectivity index (χ2n) is 8.23. The van der Waals surface area contributed by atoms with Gasteiger partial charge in [-0.25, -0.2) is 0 Å². The van der Waals surface area contributed by atoms with E-state index in [2.05, 4.69) is 42.7 Å². The molecule has 2 heterocycles. The summed E-state index contributed by atoms with van der Waals surface area (Å²) < 4.78 is 0. The summed E-state index contributed by atoms with van der Waals surface area (Å²) in [6.45, 7) is 4.73. The molecule has 1 aromatic rings. The Morgan fingerprint density at radius 3 is 2.95 bits per heavy atom. The maximum Gasteiger partial charge on any atom is 0.235 e. The first kappa shape index (κ1) is 13.1. The minimum atomic E-state index is -0.318. The first-order valence-corrected chi connectivity index (χ1v) is 8.73. The minimum Gasteiger partial charge on any atom is -0.325 e. The normalized spacial score (nSPS) is 48.4. The molecule has 6 unspecified atom stereocenters. The number of nitrogens with one attached hydrogen (secondary N) is 2. The first-order valence-electron chi connectivity index (χ1n) is 8.73. The molecule has 1 saturated heterocycles. The summed E-state index contributed by atoms with van der Waals surface area (Å²) in [5.41, 5.74) is 2.08. The van der Waals surface area contributed by atoms with E-state index in [9.17, 15) is 4.79 Å². The molecule has 3 fully saturated rings. The van der Waals surface area contributed by atoms with Gasteiger partial charge in [-0.1, -0.05) is 25.1 Å². The molecule has 0 aromatic heterocycles. The Bertz CT molecular complexity index is 671. The van der Waals surface area contributed by atoms with Crippen LogP contribution in [0.5, 0.6) is 0 Å². The van der Waals surface area contributed by atoms with Gasteiger partial charge >= 0.3 is 0 Å². The molecule has 6 atom stereocenters. The number of piperidine rings is 1. The molecule has 22 heavy (non-hydrogen) atoms. The third-order valence-electron chi connectivity index (χ3n) is 7.60. The summed E-state index contributed by atoms with van der Waals surface area (Å²) in [6.07, 6.45) is 4.71. The van der Waals surface area contributed by atoms with Gasteiger partial charge in [-0.3, -0.25) is 4.79 Å². The first-order chi connectivity index (χ1) is 10.6. The van der Waals surface area contributed by atoms with Gasteiger partial charge in [-0.05, 0) is 61.5 Å². The summed E-state index contributed by atoms with van der Waals surface area (Å²) in [6, 6.07) is 9.46. The Morgan fingerprint density at radius 2 is 2.09 bits per heavy atom. The van der Waals surface area contributed by atoms with Crippen LogP contribution < -0.4 is 10.6 Å². The predicted molar refractivity (Wildman–Crippen MR) is 86.7 cm³/mol. The number of para-hydroxylation sites is 1. The van der Waals surface area contributed by atoms with E-state index in [1.807, 2.05) is 6.07 Å². The quantitative estimate of drug-likeness (QED) is 0.772. The molecule has 2 aliphatic heterocycles. The molecule has 5 rings (SSSR count). The number of rotatable bonds is 0. The van der Waals surface area contributed by atoms with Crippen LogP contribution in [0.4, 0.5) is 5.69 Å². The van der Waals surface area contributed by atoms with Crippen LogP contribution in [0.2, 0.25) is 0 Å². The van der Waals surface area contributed by atoms with Crippen LogP contribution in [0, 0.1) is 17.3 Å². The van der Waals surface area contributed by atoms with Crippen LogP contribution in [0.25, 0.3) is 0 Å². The van der Waals surface area contributed by atoms with Crippen molar-refractivity contribution >= 4 is 11.6 Å². The highest BCUT2D eigenvalue weighted by Gasteiger charge is 2.69. The second-order valence-corrected chi connectivity index (χ2v) is 8.23.